The van der Waals surface area contributed by atoms with Crippen molar-refractivity contribution < 1.29 is 14.7 Å². The zero-order valence-electron chi connectivity index (χ0n) is 10.8. The zero-order chi connectivity index (χ0) is 14.0. The molecule has 98 valence electrons. The molecule has 19 heavy (non-hydrogen) atoms. The molecule has 0 spiro atoms. The first kappa shape index (κ1) is 13.1. The minimum absolute atomic E-state index is 0.287. The Morgan fingerprint density at radius 3 is 2.32 bits per heavy atom. The highest BCUT2D eigenvalue weighted by molar-refractivity contribution is 5.99. The number of nitrogens with zero attached hydrogens (tertiary/aromatic N) is 1. The number of fused-ring (bicyclic) bond motifs is 1. The van der Waals surface area contributed by atoms with Crippen molar-refractivity contribution in [3.63, 3.8) is 0 Å². The van der Waals surface area contributed by atoms with E-state index in [0.29, 0.717) is 5.69 Å². The lowest BCUT2D eigenvalue weighted by molar-refractivity contribution is -0.139. The van der Waals surface area contributed by atoms with Crippen molar-refractivity contribution in [2.24, 2.45) is 0 Å². The third-order valence-electron chi connectivity index (χ3n) is 3.10. The van der Waals surface area contributed by atoms with Gasteiger partial charge in [-0.15, -0.1) is 0 Å². The van der Waals surface area contributed by atoms with Crippen molar-refractivity contribution in [1.29, 1.82) is 0 Å². The molecule has 2 rings (SSSR count). The molecule has 1 atom stereocenters. The SMILES string of the molecule is CC(=O)N(c1ccc2ccccc2c1)C(C)C(=O)O. The van der Waals surface area contributed by atoms with Crippen LogP contribution in [0.1, 0.15) is 13.8 Å². The molecule has 0 aromatic heterocycles. The van der Waals surface area contributed by atoms with Gasteiger partial charge in [0.2, 0.25) is 5.91 Å². The van der Waals surface area contributed by atoms with Gasteiger partial charge in [-0.25, -0.2) is 4.79 Å². The van der Waals surface area contributed by atoms with Crippen LogP contribution < -0.4 is 4.90 Å². The molecule has 1 amide bonds. The molecule has 0 aliphatic heterocycles. The summed E-state index contributed by atoms with van der Waals surface area (Å²) in [6.07, 6.45) is 0. The Morgan fingerprint density at radius 2 is 1.74 bits per heavy atom. The first-order valence-electron chi connectivity index (χ1n) is 6.02. The summed E-state index contributed by atoms with van der Waals surface area (Å²) in [5.41, 5.74) is 0.598. The Bertz CT molecular complexity index is 636. The number of hydrogen-bond donors (Lipinski definition) is 1. The molecular weight excluding hydrogens is 242 g/mol. The molecule has 0 bridgehead atoms. The smallest absolute Gasteiger partial charge is 0.326 e. The van der Waals surface area contributed by atoms with E-state index in [2.05, 4.69) is 0 Å². The van der Waals surface area contributed by atoms with Crippen molar-refractivity contribution in [3.05, 3.63) is 42.5 Å². The Hall–Kier alpha value is -2.36. The molecule has 1 N–H and O–H groups in total. The van der Waals surface area contributed by atoms with Gasteiger partial charge in [-0.1, -0.05) is 30.3 Å². The van der Waals surface area contributed by atoms with E-state index >= 15 is 0 Å². The Balaban J connectivity index is 2.50. The molecule has 4 heteroatoms. The first-order chi connectivity index (χ1) is 9.00. The van der Waals surface area contributed by atoms with Crippen LogP contribution in [-0.2, 0) is 9.59 Å². The third-order valence-corrected chi connectivity index (χ3v) is 3.10. The highest BCUT2D eigenvalue weighted by atomic mass is 16.4. The lowest BCUT2D eigenvalue weighted by Gasteiger charge is -2.25. The maximum absolute atomic E-state index is 11.7. The summed E-state index contributed by atoms with van der Waals surface area (Å²) >= 11 is 0. The van der Waals surface area contributed by atoms with Crippen LogP contribution in [0.15, 0.2) is 42.5 Å². The van der Waals surface area contributed by atoms with Crippen LogP contribution >= 0.6 is 0 Å². The normalized spacial score (nSPS) is 12.1. The highest BCUT2D eigenvalue weighted by Crippen LogP contribution is 2.23. The number of hydrogen-bond acceptors (Lipinski definition) is 2. The summed E-state index contributed by atoms with van der Waals surface area (Å²) in [5.74, 6) is -1.31. The maximum Gasteiger partial charge on any atom is 0.326 e. The van der Waals surface area contributed by atoms with Crippen LogP contribution in [0.4, 0.5) is 5.69 Å². The molecule has 0 aliphatic carbocycles. The standard InChI is InChI=1S/C15H15NO3/c1-10(15(18)19)16(11(2)17)14-8-7-12-5-3-4-6-13(12)9-14/h3-10H,1-2H3,(H,18,19). The van der Waals surface area contributed by atoms with E-state index in [1.54, 1.807) is 6.07 Å². The molecule has 0 aliphatic rings. The van der Waals surface area contributed by atoms with Gasteiger partial charge < -0.3 is 5.11 Å². The maximum atomic E-state index is 11.7. The lowest BCUT2D eigenvalue weighted by atomic mass is 10.1. The second-order valence-electron chi connectivity index (χ2n) is 4.43. The molecular formula is C15H15NO3. The minimum Gasteiger partial charge on any atom is -0.480 e. The summed E-state index contributed by atoms with van der Waals surface area (Å²) in [5, 5.41) is 11.1. The molecule has 0 radical (unpaired) electrons. The largest absolute Gasteiger partial charge is 0.480 e. The van der Waals surface area contributed by atoms with Crippen LogP contribution in [0, 0.1) is 0 Å². The van der Waals surface area contributed by atoms with Gasteiger partial charge in [0.25, 0.3) is 0 Å². The van der Waals surface area contributed by atoms with E-state index in [-0.39, 0.29) is 5.91 Å². The van der Waals surface area contributed by atoms with Gasteiger partial charge in [-0.3, -0.25) is 9.69 Å². The number of rotatable bonds is 3. The van der Waals surface area contributed by atoms with Crippen molar-refractivity contribution in [1.82, 2.24) is 0 Å². The molecule has 2 aromatic rings. The number of anilines is 1. The molecule has 0 saturated heterocycles. The van der Waals surface area contributed by atoms with Gasteiger partial charge in [0.05, 0.1) is 0 Å². The van der Waals surface area contributed by atoms with Crippen LogP contribution in [-0.4, -0.2) is 23.0 Å². The fourth-order valence-corrected chi connectivity index (χ4v) is 2.12. The number of aliphatic carboxylic acids is 1. The van der Waals surface area contributed by atoms with Gasteiger partial charge in [0, 0.05) is 12.6 Å². The number of benzene rings is 2. The third kappa shape index (κ3) is 2.57. The van der Waals surface area contributed by atoms with Crippen LogP contribution in [0.3, 0.4) is 0 Å². The Labute approximate surface area is 111 Å². The summed E-state index contributed by atoms with van der Waals surface area (Å²) in [6, 6.07) is 12.3. The predicted octanol–water partition coefficient (Wildman–Crippen LogP) is 2.67. The van der Waals surface area contributed by atoms with E-state index in [1.807, 2.05) is 36.4 Å². The number of carbonyl (C=O) groups excluding carboxylic acids is 1. The quantitative estimate of drug-likeness (QED) is 0.919. The van der Waals surface area contributed by atoms with Gasteiger partial charge >= 0.3 is 5.97 Å². The summed E-state index contributed by atoms with van der Waals surface area (Å²) in [6.45, 7) is 2.87. The average molecular weight is 257 g/mol. The molecule has 0 heterocycles. The van der Waals surface area contributed by atoms with Crippen molar-refractivity contribution in [2.45, 2.75) is 19.9 Å². The Kier molecular flexibility index (Phi) is 3.51. The predicted molar refractivity (Wildman–Crippen MR) is 74.2 cm³/mol. The zero-order valence-corrected chi connectivity index (χ0v) is 10.8. The molecule has 0 saturated carbocycles. The van der Waals surface area contributed by atoms with Gasteiger partial charge in [-0.2, -0.15) is 0 Å². The van der Waals surface area contributed by atoms with Crippen molar-refractivity contribution in [3.8, 4) is 0 Å². The van der Waals surface area contributed by atoms with Crippen molar-refractivity contribution >= 4 is 28.3 Å². The van der Waals surface area contributed by atoms with Crippen molar-refractivity contribution in [2.75, 3.05) is 4.90 Å². The minimum atomic E-state index is -1.02. The lowest BCUT2D eigenvalue weighted by Crippen LogP contribution is -2.42. The molecule has 1 unspecified atom stereocenters. The van der Waals surface area contributed by atoms with Crippen LogP contribution in [0.2, 0.25) is 0 Å². The van der Waals surface area contributed by atoms with E-state index in [0.717, 1.165) is 10.8 Å². The highest BCUT2D eigenvalue weighted by Gasteiger charge is 2.24. The second kappa shape index (κ2) is 5.10. The van der Waals surface area contributed by atoms with E-state index in [4.69, 9.17) is 5.11 Å². The number of carboxylic acids is 1. The monoisotopic (exact) mass is 257 g/mol. The van der Waals surface area contributed by atoms with Crippen LogP contribution in [0.25, 0.3) is 10.8 Å². The van der Waals surface area contributed by atoms with E-state index < -0.39 is 12.0 Å². The topological polar surface area (TPSA) is 57.6 Å². The number of carbonyl (C=O) groups is 2. The number of amides is 1. The van der Waals surface area contributed by atoms with Gasteiger partial charge in [-0.05, 0) is 29.8 Å². The second-order valence-corrected chi connectivity index (χ2v) is 4.43. The summed E-state index contributed by atoms with van der Waals surface area (Å²) in [7, 11) is 0. The Morgan fingerprint density at radius 1 is 1.11 bits per heavy atom. The molecule has 4 nitrogen and oxygen atoms in total. The summed E-state index contributed by atoms with van der Waals surface area (Å²) in [4.78, 5) is 24.1. The first-order valence-corrected chi connectivity index (χ1v) is 6.02. The molecule has 0 fully saturated rings. The van der Waals surface area contributed by atoms with Gasteiger partial charge in [0.15, 0.2) is 0 Å². The van der Waals surface area contributed by atoms with Gasteiger partial charge in [0.1, 0.15) is 6.04 Å². The fourth-order valence-electron chi connectivity index (χ4n) is 2.12. The van der Waals surface area contributed by atoms with E-state index in [1.165, 1.54) is 18.7 Å². The van der Waals surface area contributed by atoms with E-state index in [9.17, 15) is 9.59 Å². The fraction of sp³-hybridized carbons (Fsp3) is 0.200. The number of carboxylic acid groups (broad SMARTS) is 1. The van der Waals surface area contributed by atoms with Crippen LogP contribution in [0.5, 0.6) is 0 Å². The average Bonchev–Trinajstić information content (AvgIpc) is 2.38. The molecule has 2 aromatic carbocycles. The summed E-state index contributed by atoms with van der Waals surface area (Å²) < 4.78 is 0.